The molecule has 7 heteroatoms. The first kappa shape index (κ1) is 19.6. The number of rotatable bonds is 6. The molecule has 1 atom stereocenters. The lowest BCUT2D eigenvalue weighted by Crippen LogP contribution is -2.05. The van der Waals surface area contributed by atoms with Crippen molar-refractivity contribution < 1.29 is 18.7 Å². The van der Waals surface area contributed by atoms with Crippen LogP contribution in [0.15, 0.2) is 64.0 Å². The summed E-state index contributed by atoms with van der Waals surface area (Å²) in [6, 6.07) is 18.0. The van der Waals surface area contributed by atoms with Gasteiger partial charge in [-0.3, -0.25) is 0 Å². The van der Waals surface area contributed by atoms with E-state index in [0.717, 1.165) is 33.6 Å². The summed E-state index contributed by atoms with van der Waals surface area (Å²) in [4.78, 5) is 0.829. The maximum absolute atomic E-state index is 6.22. The molecule has 158 valence electrons. The maximum atomic E-state index is 6.22. The molecule has 0 spiro atoms. The SMILES string of the molecule is COc1cccc(OC)c1SNc1noc2cc(-c3ccccc3)c3c(c12)OC(C)C3. The van der Waals surface area contributed by atoms with Crippen LogP contribution >= 0.6 is 11.9 Å². The van der Waals surface area contributed by atoms with Crippen LogP contribution in [-0.4, -0.2) is 25.5 Å². The lowest BCUT2D eigenvalue weighted by atomic mass is 9.95. The average Bonchev–Trinajstić information content (AvgIpc) is 3.39. The minimum Gasteiger partial charge on any atom is -0.495 e. The number of nitrogens with zero attached hydrogens (tertiary/aromatic N) is 1. The zero-order chi connectivity index (χ0) is 21.4. The van der Waals surface area contributed by atoms with Crippen LogP contribution in [0, 0.1) is 0 Å². The monoisotopic (exact) mass is 434 g/mol. The van der Waals surface area contributed by atoms with Crippen LogP contribution in [0.1, 0.15) is 12.5 Å². The number of benzene rings is 3. The smallest absolute Gasteiger partial charge is 0.191 e. The van der Waals surface area contributed by atoms with Crippen LogP contribution < -0.4 is 18.9 Å². The van der Waals surface area contributed by atoms with Crippen LogP contribution in [0.2, 0.25) is 0 Å². The van der Waals surface area contributed by atoms with Crippen molar-refractivity contribution in [2.24, 2.45) is 0 Å². The summed E-state index contributed by atoms with van der Waals surface area (Å²) in [5.41, 5.74) is 4.12. The summed E-state index contributed by atoms with van der Waals surface area (Å²) in [5.74, 6) is 2.87. The molecule has 0 amide bonds. The molecule has 1 aliphatic rings. The summed E-state index contributed by atoms with van der Waals surface area (Å²) >= 11 is 1.36. The molecule has 0 radical (unpaired) electrons. The van der Waals surface area contributed by atoms with Crippen molar-refractivity contribution in [2.45, 2.75) is 24.3 Å². The van der Waals surface area contributed by atoms with E-state index in [1.165, 1.54) is 17.5 Å². The molecule has 31 heavy (non-hydrogen) atoms. The van der Waals surface area contributed by atoms with E-state index in [9.17, 15) is 0 Å². The fraction of sp³-hybridized carbons (Fsp3) is 0.208. The van der Waals surface area contributed by atoms with Crippen molar-refractivity contribution >= 4 is 28.7 Å². The number of fused-ring (bicyclic) bond motifs is 3. The van der Waals surface area contributed by atoms with Gasteiger partial charge >= 0.3 is 0 Å². The van der Waals surface area contributed by atoms with Gasteiger partial charge in [0.15, 0.2) is 11.4 Å². The van der Waals surface area contributed by atoms with E-state index in [1.807, 2.05) is 36.4 Å². The first-order valence-electron chi connectivity index (χ1n) is 10.0. The van der Waals surface area contributed by atoms with Crippen LogP contribution in [0.3, 0.4) is 0 Å². The Bertz CT molecular complexity index is 1220. The fourth-order valence-electron chi connectivity index (χ4n) is 3.94. The van der Waals surface area contributed by atoms with Crippen molar-refractivity contribution in [1.82, 2.24) is 5.16 Å². The number of ether oxygens (including phenoxy) is 3. The largest absolute Gasteiger partial charge is 0.495 e. The summed E-state index contributed by atoms with van der Waals surface area (Å²) in [6.45, 7) is 2.08. The van der Waals surface area contributed by atoms with Gasteiger partial charge in [0.2, 0.25) is 0 Å². The molecule has 3 aromatic carbocycles. The van der Waals surface area contributed by atoms with Gasteiger partial charge in [-0.2, -0.15) is 0 Å². The van der Waals surface area contributed by atoms with Crippen molar-refractivity contribution in [2.75, 3.05) is 18.9 Å². The van der Waals surface area contributed by atoms with Gasteiger partial charge in [0.1, 0.15) is 33.6 Å². The van der Waals surface area contributed by atoms with Crippen molar-refractivity contribution in [3.05, 3.63) is 60.2 Å². The number of nitrogens with one attached hydrogen (secondary N) is 1. The molecule has 0 bridgehead atoms. The van der Waals surface area contributed by atoms with E-state index in [4.69, 9.17) is 18.7 Å². The quantitative estimate of drug-likeness (QED) is 0.376. The molecule has 4 aromatic rings. The van der Waals surface area contributed by atoms with Gasteiger partial charge in [0.25, 0.3) is 0 Å². The van der Waals surface area contributed by atoms with E-state index in [-0.39, 0.29) is 6.10 Å². The predicted molar refractivity (Wildman–Crippen MR) is 122 cm³/mol. The Labute approximate surface area is 184 Å². The second-order valence-corrected chi connectivity index (χ2v) is 8.15. The van der Waals surface area contributed by atoms with Gasteiger partial charge in [-0.15, -0.1) is 0 Å². The number of aromatic nitrogens is 1. The third-order valence-corrected chi connectivity index (χ3v) is 6.25. The molecule has 2 heterocycles. The summed E-state index contributed by atoms with van der Waals surface area (Å²) in [7, 11) is 3.27. The Balaban J connectivity index is 1.56. The first-order chi connectivity index (χ1) is 15.2. The molecule has 0 fully saturated rings. The Kier molecular flexibility index (Phi) is 5.11. The Morgan fingerprint density at radius 2 is 1.77 bits per heavy atom. The molecule has 5 rings (SSSR count). The molecule has 0 aliphatic carbocycles. The van der Waals surface area contributed by atoms with E-state index in [1.54, 1.807) is 14.2 Å². The summed E-state index contributed by atoms with van der Waals surface area (Å²) in [6.07, 6.45) is 0.931. The van der Waals surface area contributed by atoms with E-state index in [0.29, 0.717) is 22.9 Å². The molecule has 1 N–H and O–H groups in total. The molecular weight excluding hydrogens is 412 g/mol. The zero-order valence-electron chi connectivity index (χ0n) is 17.5. The maximum Gasteiger partial charge on any atom is 0.191 e. The zero-order valence-corrected chi connectivity index (χ0v) is 18.3. The van der Waals surface area contributed by atoms with Gasteiger partial charge in [-0.25, -0.2) is 0 Å². The van der Waals surface area contributed by atoms with Gasteiger partial charge in [-0.1, -0.05) is 41.6 Å². The standard InChI is InChI=1S/C24H22N2O4S/c1-14-12-17-16(15-8-5-4-6-9-15)13-20-21(22(17)29-14)24(25-30-20)26-31-23-18(27-2)10-7-11-19(23)28-3/h4-11,13-14H,12H2,1-3H3,(H,25,26). The van der Waals surface area contributed by atoms with E-state index < -0.39 is 0 Å². The van der Waals surface area contributed by atoms with Crippen molar-refractivity contribution in [1.29, 1.82) is 0 Å². The van der Waals surface area contributed by atoms with Crippen molar-refractivity contribution in [3.8, 4) is 28.4 Å². The van der Waals surface area contributed by atoms with E-state index >= 15 is 0 Å². The third kappa shape index (κ3) is 3.45. The molecule has 1 aliphatic heterocycles. The predicted octanol–water partition coefficient (Wildman–Crippen LogP) is 5.95. The van der Waals surface area contributed by atoms with Gasteiger partial charge in [0.05, 0.1) is 14.2 Å². The lowest BCUT2D eigenvalue weighted by molar-refractivity contribution is 0.257. The lowest BCUT2D eigenvalue weighted by Gasteiger charge is -2.13. The molecule has 1 unspecified atom stereocenters. The second-order valence-electron chi connectivity index (χ2n) is 7.33. The number of hydrogen-bond donors (Lipinski definition) is 1. The molecular formula is C24H22N2O4S. The Hall–Kier alpha value is -3.32. The number of anilines is 1. The number of methoxy groups -OCH3 is 2. The molecule has 0 saturated carbocycles. The Morgan fingerprint density at radius 3 is 2.48 bits per heavy atom. The average molecular weight is 435 g/mol. The minimum absolute atomic E-state index is 0.0905. The number of hydrogen-bond acceptors (Lipinski definition) is 7. The van der Waals surface area contributed by atoms with Gasteiger partial charge in [0, 0.05) is 12.0 Å². The van der Waals surface area contributed by atoms with Crippen LogP contribution in [-0.2, 0) is 6.42 Å². The fourth-order valence-corrected chi connectivity index (χ4v) is 4.78. The highest BCUT2D eigenvalue weighted by molar-refractivity contribution is 8.00. The highest BCUT2D eigenvalue weighted by atomic mass is 32.2. The molecule has 0 saturated heterocycles. The highest BCUT2D eigenvalue weighted by Crippen LogP contribution is 2.47. The summed E-state index contributed by atoms with van der Waals surface area (Å²) in [5, 5.41) is 5.14. The second kappa shape index (κ2) is 8.07. The molecule has 1 aromatic heterocycles. The summed E-state index contributed by atoms with van der Waals surface area (Å²) < 4.78 is 26.2. The normalized spacial score (nSPS) is 14.9. The van der Waals surface area contributed by atoms with Gasteiger partial charge < -0.3 is 23.5 Å². The third-order valence-electron chi connectivity index (χ3n) is 5.35. The van der Waals surface area contributed by atoms with Crippen LogP contribution in [0.5, 0.6) is 17.2 Å². The molecule has 6 nitrogen and oxygen atoms in total. The van der Waals surface area contributed by atoms with E-state index in [2.05, 4.69) is 35.0 Å². The first-order valence-corrected chi connectivity index (χ1v) is 10.8. The minimum atomic E-state index is 0.0905. The van der Waals surface area contributed by atoms with Crippen LogP contribution in [0.25, 0.3) is 22.1 Å². The topological polar surface area (TPSA) is 65.8 Å². The highest BCUT2D eigenvalue weighted by Gasteiger charge is 2.29. The van der Waals surface area contributed by atoms with Gasteiger partial charge in [-0.05, 0) is 48.2 Å². The van der Waals surface area contributed by atoms with Crippen molar-refractivity contribution in [3.63, 3.8) is 0 Å². The van der Waals surface area contributed by atoms with Crippen LogP contribution in [0.4, 0.5) is 5.82 Å². The Morgan fingerprint density at radius 1 is 1.03 bits per heavy atom.